The van der Waals surface area contributed by atoms with Crippen LogP contribution >= 0.6 is 15.9 Å². The Bertz CT molecular complexity index is 538. The van der Waals surface area contributed by atoms with Gasteiger partial charge in [0.25, 0.3) is 5.91 Å². The van der Waals surface area contributed by atoms with E-state index in [1.165, 1.54) is 18.2 Å². The molecule has 1 atom stereocenters. The molecule has 1 fully saturated rings. The van der Waals surface area contributed by atoms with E-state index in [1.54, 1.807) is 0 Å². The number of hydrogen-bond donors (Lipinski definition) is 2. The van der Waals surface area contributed by atoms with Gasteiger partial charge < -0.3 is 15.2 Å². The molecule has 0 aromatic heterocycles. The zero-order chi connectivity index (χ0) is 14.8. The maximum Gasteiger partial charge on any atom is 0.336 e. The molecule has 0 bridgehead atoms. The quantitative estimate of drug-likeness (QED) is 0.885. The number of rotatable bonds is 3. The van der Waals surface area contributed by atoms with Crippen molar-refractivity contribution in [2.24, 2.45) is 0 Å². The number of halogens is 1. The number of carboxylic acid groups (broad SMARTS) is 1. The van der Waals surface area contributed by atoms with Crippen molar-refractivity contribution in [1.82, 2.24) is 5.32 Å². The van der Waals surface area contributed by atoms with Gasteiger partial charge in [0.2, 0.25) is 0 Å². The SMILES string of the molecule is CC1(NC(=O)c2ccc(C(=O)O)c(Br)c2)CCCOC1. The number of nitrogens with one attached hydrogen (secondary N) is 1. The molecule has 6 heteroatoms. The van der Waals surface area contributed by atoms with Crippen LogP contribution < -0.4 is 5.32 Å². The first-order valence-corrected chi connectivity index (χ1v) is 7.14. The maximum absolute atomic E-state index is 12.2. The molecule has 1 amide bonds. The Balaban J connectivity index is 2.13. The molecule has 0 aliphatic carbocycles. The van der Waals surface area contributed by atoms with Crippen molar-refractivity contribution in [2.45, 2.75) is 25.3 Å². The van der Waals surface area contributed by atoms with Gasteiger partial charge in [-0.15, -0.1) is 0 Å². The molecule has 108 valence electrons. The lowest BCUT2D eigenvalue weighted by Crippen LogP contribution is -2.51. The summed E-state index contributed by atoms with van der Waals surface area (Å²) in [4.78, 5) is 23.1. The van der Waals surface area contributed by atoms with Crippen molar-refractivity contribution < 1.29 is 19.4 Å². The molecule has 0 radical (unpaired) electrons. The normalized spacial score (nSPS) is 22.3. The molecule has 1 aliphatic heterocycles. The monoisotopic (exact) mass is 341 g/mol. The van der Waals surface area contributed by atoms with Crippen LogP contribution in [0.2, 0.25) is 0 Å². The van der Waals surface area contributed by atoms with Gasteiger partial charge in [0.05, 0.1) is 17.7 Å². The molecule has 1 heterocycles. The van der Waals surface area contributed by atoms with Crippen LogP contribution in [-0.4, -0.2) is 35.7 Å². The minimum Gasteiger partial charge on any atom is -0.478 e. The van der Waals surface area contributed by atoms with Gasteiger partial charge in [-0.05, 0) is 53.9 Å². The van der Waals surface area contributed by atoms with Crippen molar-refractivity contribution in [3.8, 4) is 0 Å². The minimum absolute atomic E-state index is 0.133. The lowest BCUT2D eigenvalue weighted by molar-refractivity contribution is 0.0272. The van der Waals surface area contributed by atoms with Crippen molar-refractivity contribution in [2.75, 3.05) is 13.2 Å². The molecule has 2 rings (SSSR count). The Morgan fingerprint density at radius 1 is 1.45 bits per heavy atom. The van der Waals surface area contributed by atoms with Gasteiger partial charge in [-0.3, -0.25) is 4.79 Å². The molecule has 1 aromatic rings. The molecule has 20 heavy (non-hydrogen) atoms. The number of carbonyl (C=O) groups is 2. The topological polar surface area (TPSA) is 75.6 Å². The van der Waals surface area contributed by atoms with Crippen LogP contribution in [0.15, 0.2) is 22.7 Å². The van der Waals surface area contributed by atoms with E-state index >= 15 is 0 Å². The Hall–Kier alpha value is -1.40. The van der Waals surface area contributed by atoms with Crippen LogP contribution in [0.5, 0.6) is 0 Å². The summed E-state index contributed by atoms with van der Waals surface area (Å²) < 4.78 is 5.79. The second kappa shape index (κ2) is 5.93. The first-order valence-electron chi connectivity index (χ1n) is 6.34. The summed E-state index contributed by atoms with van der Waals surface area (Å²) in [5.74, 6) is -1.26. The highest BCUT2D eigenvalue weighted by atomic mass is 79.9. The van der Waals surface area contributed by atoms with Crippen molar-refractivity contribution in [3.63, 3.8) is 0 Å². The smallest absolute Gasteiger partial charge is 0.336 e. The molecule has 0 saturated carbocycles. The van der Waals surface area contributed by atoms with E-state index in [4.69, 9.17) is 9.84 Å². The van der Waals surface area contributed by atoms with Gasteiger partial charge in [0.15, 0.2) is 0 Å². The van der Waals surface area contributed by atoms with Gasteiger partial charge in [-0.2, -0.15) is 0 Å². The van der Waals surface area contributed by atoms with E-state index in [0.29, 0.717) is 16.6 Å². The summed E-state index contributed by atoms with van der Waals surface area (Å²) in [6.45, 7) is 3.17. The van der Waals surface area contributed by atoms with Crippen molar-refractivity contribution in [3.05, 3.63) is 33.8 Å². The maximum atomic E-state index is 12.2. The number of amides is 1. The molecular weight excluding hydrogens is 326 g/mol. The fourth-order valence-electron chi connectivity index (χ4n) is 2.21. The van der Waals surface area contributed by atoms with E-state index in [0.717, 1.165) is 19.4 Å². The second-order valence-corrected chi connectivity index (χ2v) is 6.03. The Morgan fingerprint density at radius 2 is 2.20 bits per heavy atom. The molecule has 0 spiro atoms. The Morgan fingerprint density at radius 3 is 2.75 bits per heavy atom. The van der Waals surface area contributed by atoms with E-state index in [-0.39, 0.29) is 17.0 Å². The fourth-order valence-corrected chi connectivity index (χ4v) is 2.76. The van der Waals surface area contributed by atoms with Crippen molar-refractivity contribution in [1.29, 1.82) is 0 Å². The van der Waals surface area contributed by atoms with E-state index < -0.39 is 5.97 Å². The van der Waals surface area contributed by atoms with Crippen LogP contribution in [0.1, 0.15) is 40.5 Å². The zero-order valence-electron chi connectivity index (χ0n) is 11.1. The van der Waals surface area contributed by atoms with Crippen LogP contribution in [0.4, 0.5) is 0 Å². The number of aromatic carboxylic acids is 1. The summed E-state index contributed by atoms with van der Waals surface area (Å²) in [6, 6.07) is 4.45. The lowest BCUT2D eigenvalue weighted by atomic mass is 9.94. The number of ether oxygens (including phenoxy) is 1. The zero-order valence-corrected chi connectivity index (χ0v) is 12.7. The standard InChI is InChI=1S/C14H16BrNO4/c1-14(5-2-6-20-8-14)16-12(17)9-3-4-10(13(18)19)11(15)7-9/h3-4,7H,2,5-6,8H2,1H3,(H,16,17)(H,18,19). The largest absolute Gasteiger partial charge is 0.478 e. The summed E-state index contributed by atoms with van der Waals surface area (Å²) in [6.07, 6.45) is 1.78. The molecule has 5 nitrogen and oxygen atoms in total. The third-order valence-corrected chi connectivity index (χ3v) is 3.97. The highest BCUT2D eigenvalue weighted by Gasteiger charge is 2.29. The highest BCUT2D eigenvalue weighted by molar-refractivity contribution is 9.10. The molecule has 1 unspecified atom stereocenters. The lowest BCUT2D eigenvalue weighted by Gasteiger charge is -2.34. The molecular formula is C14H16BrNO4. The molecule has 1 saturated heterocycles. The number of hydrogen-bond acceptors (Lipinski definition) is 3. The van der Waals surface area contributed by atoms with Gasteiger partial charge >= 0.3 is 5.97 Å². The molecule has 1 aliphatic rings. The predicted octanol–water partition coefficient (Wildman–Crippen LogP) is 2.45. The van der Waals surface area contributed by atoms with Gasteiger partial charge in [-0.25, -0.2) is 4.79 Å². The average molecular weight is 342 g/mol. The summed E-state index contributed by atoms with van der Waals surface area (Å²) >= 11 is 3.17. The first-order chi connectivity index (χ1) is 9.41. The molecule has 1 aromatic carbocycles. The van der Waals surface area contributed by atoms with Gasteiger partial charge in [0.1, 0.15) is 0 Å². The third kappa shape index (κ3) is 3.37. The summed E-state index contributed by atoms with van der Waals surface area (Å²) in [5.41, 5.74) is 0.190. The summed E-state index contributed by atoms with van der Waals surface area (Å²) in [5, 5.41) is 11.9. The highest BCUT2D eigenvalue weighted by Crippen LogP contribution is 2.21. The predicted molar refractivity (Wildman–Crippen MR) is 77.0 cm³/mol. The Labute approximate surface area is 125 Å². The second-order valence-electron chi connectivity index (χ2n) is 5.17. The van der Waals surface area contributed by atoms with Gasteiger partial charge in [-0.1, -0.05) is 0 Å². The van der Waals surface area contributed by atoms with Crippen LogP contribution in [0, 0.1) is 0 Å². The van der Waals surface area contributed by atoms with Crippen LogP contribution in [0.25, 0.3) is 0 Å². The fraction of sp³-hybridized carbons (Fsp3) is 0.429. The Kier molecular flexibility index (Phi) is 4.45. The third-order valence-electron chi connectivity index (χ3n) is 3.31. The summed E-state index contributed by atoms with van der Waals surface area (Å²) in [7, 11) is 0. The van der Waals surface area contributed by atoms with Crippen molar-refractivity contribution >= 4 is 27.8 Å². The number of carboxylic acids is 1. The van der Waals surface area contributed by atoms with Crippen LogP contribution in [-0.2, 0) is 4.74 Å². The minimum atomic E-state index is -1.03. The number of benzene rings is 1. The van der Waals surface area contributed by atoms with Gasteiger partial charge in [0, 0.05) is 16.6 Å². The first kappa shape index (κ1) is 15.0. The average Bonchev–Trinajstić information content (AvgIpc) is 2.38. The van der Waals surface area contributed by atoms with E-state index in [2.05, 4.69) is 21.2 Å². The van der Waals surface area contributed by atoms with E-state index in [9.17, 15) is 9.59 Å². The van der Waals surface area contributed by atoms with E-state index in [1.807, 2.05) is 6.92 Å². The molecule has 2 N–H and O–H groups in total. The van der Waals surface area contributed by atoms with Crippen LogP contribution in [0.3, 0.4) is 0 Å². The number of carbonyl (C=O) groups excluding carboxylic acids is 1.